The van der Waals surface area contributed by atoms with Gasteiger partial charge in [0.15, 0.2) is 0 Å². The highest BCUT2D eigenvalue weighted by Crippen LogP contribution is 2.26. The summed E-state index contributed by atoms with van der Waals surface area (Å²) in [6.45, 7) is 0.278. The van der Waals surface area contributed by atoms with Gasteiger partial charge in [0, 0.05) is 11.8 Å². The van der Waals surface area contributed by atoms with Crippen molar-refractivity contribution in [1.29, 1.82) is 0 Å². The van der Waals surface area contributed by atoms with E-state index in [1.165, 1.54) is 11.8 Å². The van der Waals surface area contributed by atoms with Gasteiger partial charge >= 0.3 is 0 Å². The lowest BCUT2D eigenvalue weighted by Crippen LogP contribution is -2.48. The first-order valence-electron chi connectivity index (χ1n) is 10.8. The standard InChI is InChI=1S/C25H27N3O5S2/c1-34-14-12-23(25(30)28-35(2,31)32)27-24(29)21-11-10-18(17-33-20-9-6-13-26-16-20)15-22(21)19-7-4-3-5-8-19/h3-11,13,15-16,23H,12,14,17H2,1-2H3,(H,27,29)(H,28,30). The molecule has 1 atom stereocenters. The molecule has 0 radical (unpaired) electrons. The van der Waals surface area contributed by atoms with Gasteiger partial charge < -0.3 is 10.1 Å². The Labute approximate surface area is 209 Å². The van der Waals surface area contributed by atoms with Crippen molar-refractivity contribution < 1.29 is 22.7 Å². The number of hydrogen-bond donors (Lipinski definition) is 2. The summed E-state index contributed by atoms with van der Waals surface area (Å²) in [6, 6.07) is 17.3. The molecular weight excluding hydrogens is 486 g/mol. The number of rotatable bonds is 11. The van der Waals surface area contributed by atoms with Crippen LogP contribution in [0, 0.1) is 0 Å². The van der Waals surface area contributed by atoms with Gasteiger partial charge in [0.25, 0.3) is 11.8 Å². The van der Waals surface area contributed by atoms with Gasteiger partial charge in [-0.2, -0.15) is 11.8 Å². The van der Waals surface area contributed by atoms with E-state index in [1.54, 1.807) is 30.6 Å². The van der Waals surface area contributed by atoms with Crippen LogP contribution in [0.5, 0.6) is 5.75 Å². The highest BCUT2D eigenvalue weighted by molar-refractivity contribution is 7.98. The monoisotopic (exact) mass is 513 g/mol. The van der Waals surface area contributed by atoms with Gasteiger partial charge in [0.2, 0.25) is 10.0 Å². The van der Waals surface area contributed by atoms with Crippen molar-refractivity contribution in [1.82, 2.24) is 15.0 Å². The maximum absolute atomic E-state index is 13.3. The van der Waals surface area contributed by atoms with E-state index in [0.717, 1.165) is 17.4 Å². The summed E-state index contributed by atoms with van der Waals surface area (Å²) in [5.74, 6) is -0.0433. The van der Waals surface area contributed by atoms with Crippen LogP contribution in [0.4, 0.5) is 0 Å². The molecular formula is C25H27N3O5S2. The minimum absolute atomic E-state index is 0.278. The molecule has 3 rings (SSSR count). The predicted molar refractivity (Wildman–Crippen MR) is 138 cm³/mol. The molecule has 1 heterocycles. The van der Waals surface area contributed by atoms with Crippen molar-refractivity contribution in [2.75, 3.05) is 18.3 Å². The van der Waals surface area contributed by atoms with E-state index in [2.05, 4.69) is 10.3 Å². The molecule has 1 aromatic heterocycles. The Morgan fingerprint density at radius 2 is 1.86 bits per heavy atom. The zero-order valence-electron chi connectivity index (χ0n) is 19.4. The summed E-state index contributed by atoms with van der Waals surface area (Å²) in [6.07, 6.45) is 6.34. The van der Waals surface area contributed by atoms with E-state index in [9.17, 15) is 18.0 Å². The minimum atomic E-state index is -3.76. The number of benzene rings is 2. The Balaban J connectivity index is 1.87. The maximum Gasteiger partial charge on any atom is 0.256 e. The number of sulfonamides is 1. The molecule has 0 aliphatic carbocycles. The van der Waals surface area contributed by atoms with Crippen molar-refractivity contribution in [2.45, 2.75) is 19.1 Å². The fourth-order valence-corrected chi connectivity index (χ4v) is 4.31. The van der Waals surface area contributed by atoms with Crippen LogP contribution >= 0.6 is 11.8 Å². The molecule has 8 nitrogen and oxygen atoms in total. The molecule has 10 heteroatoms. The lowest BCUT2D eigenvalue weighted by atomic mass is 9.96. The molecule has 2 N–H and O–H groups in total. The van der Waals surface area contributed by atoms with Crippen LogP contribution in [0.1, 0.15) is 22.3 Å². The SMILES string of the molecule is CSCCC(NC(=O)c1ccc(COc2cccnc2)cc1-c1ccccc1)C(=O)NS(C)(=O)=O. The summed E-state index contributed by atoms with van der Waals surface area (Å²) >= 11 is 1.49. The average Bonchev–Trinajstić information content (AvgIpc) is 2.85. The molecule has 1 unspecified atom stereocenters. The third-order valence-electron chi connectivity index (χ3n) is 4.97. The van der Waals surface area contributed by atoms with Crippen LogP contribution in [0.15, 0.2) is 73.1 Å². The quantitative estimate of drug-likeness (QED) is 0.404. The molecule has 0 saturated heterocycles. The fraction of sp³-hybridized carbons (Fsp3) is 0.240. The number of thioether (sulfide) groups is 1. The second kappa shape index (κ2) is 12.4. The minimum Gasteiger partial charge on any atom is -0.487 e. The molecule has 2 aromatic carbocycles. The first-order valence-corrected chi connectivity index (χ1v) is 14.1. The Morgan fingerprint density at radius 3 is 2.51 bits per heavy atom. The largest absolute Gasteiger partial charge is 0.487 e. The number of carbonyl (C=O) groups is 2. The summed E-state index contributed by atoms with van der Waals surface area (Å²) < 4.78 is 30.9. The van der Waals surface area contributed by atoms with Crippen LogP contribution in [0.25, 0.3) is 11.1 Å². The number of nitrogens with zero attached hydrogens (tertiary/aromatic N) is 1. The van der Waals surface area contributed by atoms with Gasteiger partial charge in [0.1, 0.15) is 18.4 Å². The van der Waals surface area contributed by atoms with Crippen LogP contribution < -0.4 is 14.8 Å². The predicted octanol–water partition coefficient (Wildman–Crippen LogP) is 3.25. The molecule has 2 amide bonds. The molecule has 184 valence electrons. The first kappa shape index (κ1) is 26.2. The second-order valence-electron chi connectivity index (χ2n) is 7.77. The lowest BCUT2D eigenvalue weighted by molar-refractivity contribution is -0.121. The molecule has 0 saturated carbocycles. The molecule has 0 fully saturated rings. The average molecular weight is 514 g/mol. The third-order valence-corrected chi connectivity index (χ3v) is 6.19. The van der Waals surface area contributed by atoms with Gasteiger partial charge in [0.05, 0.1) is 12.5 Å². The second-order valence-corrected chi connectivity index (χ2v) is 10.5. The van der Waals surface area contributed by atoms with E-state index in [0.29, 0.717) is 22.6 Å². The van der Waals surface area contributed by atoms with Crippen LogP contribution in [-0.2, 0) is 21.4 Å². The van der Waals surface area contributed by atoms with Crippen molar-refractivity contribution in [2.24, 2.45) is 0 Å². The number of nitrogens with one attached hydrogen (secondary N) is 2. The van der Waals surface area contributed by atoms with Gasteiger partial charge in [-0.1, -0.05) is 36.4 Å². The first-order chi connectivity index (χ1) is 16.8. The number of carbonyl (C=O) groups excluding carboxylic acids is 2. The van der Waals surface area contributed by atoms with Crippen molar-refractivity contribution >= 4 is 33.6 Å². The van der Waals surface area contributed by atoms with Crippen molar-refractivity contribution in [3.8, 4) is 16.9 Å². The Morgan fingerprint density at radius 1 is 1.09 bits per heavy atom. The maximum atomic E-state index is 13.3. The van der Waals surface area contributed by atoms with Crippen LogP contribution in [-0.4, -0.2) is 49.5 Å². The lowest BCUT2D eigenvalue weighted by Gasteiger charge is -2.19. The van der Waals surface area contributed by atoms with E-state index in [1.807, 2.05) is 53.4 Å². The number of pyridine rings is 1. The van der Waals surface area contributed by atoms with E-state index in [-0.39, 0.29) is 13.0 Å². The van der Waals surface area contributed by atoms with E-state index < -0.39 is 27.9 Å². The van der Waals surface area contributed by atoms with E-state index in [4.69, 9.17) is 4.74 Å². The summed E-state index contributed by atoms with van der Waals surface area (Å²) in [4.78, 5) is 29.8. The number of ether oxygens (including phenoxy) is 1. The van der Waals surface area contributed by atoms with Crippen molar-refractivity contribution in [3.05, 3.63) is 84.2 Å². The van der Waals surface area contributed by atoms with Gasteiger partial charge in [-0.3, -0.25) is 19.3 Å². The number of aromatic nitrogens is 1. The third kappa shape index (κ3) is 8.11. The van der Waals surface area contributed by atoms with Crippen LogP contribution in [0.3, 0.4) is 0 Å². The zero-order valence-corrected chi connectivity index (χ0v) is 21.1. The van der Waals surface area contributed by atoms with Gasteiger partial charge in [-0.05, 0) is 59.4 Å². The Kier molecular flexibility index (Phi) is 9.27. The topological polar surface area (TPSA) is 114 Å². The fourth-order valence-electron chi connectivity index (χ4n) is 3.33. The molecule has 3 aromatic rings. The van der Waals surface area contributed by atoms with Gasteiger partial charge in [-0.25, -0.2) is 8.42 Å². The molecule has 0 aliphatic heterocycles. The Hall–Kier alpha value is -3.37. The normalized spacial score (nSPS) is 11.9. The summed E-state index contributed by atoms with van der Waals surface area (Å²) in [5.41, 5.74) is 2.70. The zero-order chi connectivity index (χ0) is 25.3. The highest BCUT2D eigenvalue weighted by atomic mass is 32.2. The summed E-state index contributed by atoms with van der Waals surface area (Å²) in [7, 11) is -3.76. The number of hydrogen-bond acceptors (Lipinski definition) is 7. The number of amides is 2. The molecule has 0 bridgehead atoms. The van der Waals surface area contributed by atoms with Gasteiger partial charge in [-0.15, -0.1) is 0 Å². The highest BCUT2D eigenvalue weighted by Gasteiger charge is 2.25. The van der Waals surface area contributed by atoms with Crippen molar-refractivity contribution in [3.63, 3.8) is 0 Å². The van der Waals surface area contributed by atoms with Crippen LogP contribution in [0.2, 0.25) is 0 Å². The Bertz CT molecular complexity index is 1250. The summed E-state index contributed by atoms with van der Waals surface area (Å²) in [5, 5.41) is 2.71. The molecule has 0 spiro atoms. The molecule has 35 heavy (non-hydrogen) atoms. The smallest absolute Gasteiger partial charge is 0.256 e. The molecule has 0 aliphatic rings. The van der Waals surface area contributed by atoms with E-state index >= 15 is 0 Å².